The zero-order valence-corrected chi connectivity index (χ0v) is 8.94. The van der Waals surface area contributed by atoms with E-state index in [2.05, 4.69) is 10.1 Å². The highest BCUT2D eigenvalue weighted by Gasteiger charge is 2.13. The number of benzene rings is 1. The van der Waals surface area contributed by atoms with Gasteiger partial charge in [-0.05, 0) is 12.1 Å². The van der Waals surface area contributed by atoms with Gasteiger partial charge in [0.15, 0.2) is 5.71 Å². The monoisotopic (exact) mass is 236 g/mol. The van der Waals surface area contributed by atoms with Crippen molar-refractivity contribution in [2.45, 2.75) is 6.42 Å². The predicted octanol–water partition coefficient (Wildman–Crippen LogP) is 1.75. The normalized spacial score (nSPS) is 11.9. The molecular formula is C10H8N2O3S. The van der Waals surface area contributed by atoms with E-state index in [4.69, 9.17) is 10.3 Å². The van der Waals surface area contributed by atoms with Gasteiger partial charge in [0, 0.05) is 0 Å². The molecule has 0 aliphatic carbocycles. The van der Waals surface area contributed by atoms with Crippen molar-refractivity contribution >= 4 is 33.2 Å². The smallest absolute Gasteiger partial charge is 0.354 e. The Labute approximate surface area is 94.7 Å². The lowest BCUT2D eigenvalue weighted by Gasteiger charge is -1.93. The number of oxime groups is 1. The van der Waals surface area contributed by atoms with E-state index in [1.807, 2.05) is 24.3 Å². The number of rotatable bonds is 3. The summed E-state index contributed by atoms with van der Waals surface area (Å²) in [6, 6.07) is 7.52. The number of thiazole rings is 1. The average molecular weight is 236 g/mol. The topological polar surface area (TPSA) is 82.8 Å². The van der Waals surface area contributed by atoms with Crippen LogP contribution in [0.5, 0.6) is 0 Å². The van der Waals surface area contributed by atoms with Crippen LogP contribution in [0.1, 0.15) is 5.01 Å². The third kappa shape index (κ3) is 2.01. The number of hydrogen-bond donors (Lipinski definition) is 2. The predicted molar refractivity (Wildman–Crippen MR) is 60.2 cm³/mol. The van der Waals surface area contributed by atoms with E-state index >= 15 is 0 Å². The molecule has 0 unspecified atom stereocenters. The second-order valence-electron chi connectivity index (χ2n) is 3.10. The van der Waals surface area contributed by atoms with Crippen LogP contribution in [0.25, 0.3) is 10.2 Å². The molecule has 0 amide bonds. The number of aliphatic carboxylic acids is 1. The van der Waals surface area contributed by atoms with Crippen LogP contribution in [0.4, 0.5) is 0 Å². The van der Waals surface area contributed by atoms with E-state index in [-0.39, 0.29) is 12.1 Å². The number of carboxylic acid groups (broad SMARTS) is 1. The second kappa shape index (κ2) is 4.28. The SMILES string of the molecule is O=C(O)C(Cc1nc2ccccc2s1)=NO. The summed E-state index contributed by atoms with van der Waals surface area (Å²) in [4.78, 5) is 14.9. The van der Waals surface area contributed by atoms with Gasteiger partial charge in [-0.15, -0.1) is 11.3 Å². The van der Waals surface area contributed by atoms with E-state index in [0.29, 0.717) is 5.01 Å². The molecule has 0 aliphatic heterocycles. The van der Waals surface area contributed by atoms with Gasteiger partial charge in [0.1, 0.15) is 5.01 Å². The molecule has 16 heavy (non-hydrogen) atoms. The van der Waals surface area contributed by atoms with E-state index in [0.717, 1.165) is 10.2 Å². The lowest BCUT2D eigenvalue weighted by atomic mass is 10.3. The van der Waals surface area contributed by atoms with Crippen LogP contribution in [0.15, 0.2) is 29.4 Å². The first kappa shape index (κ1) is 10.6. The Balaban J connectivity index is 2.31. The summed E-state index contributed by atoms with van der Waals surface area (Å²) in [7, 11) is 0. The number of fused-ring (bicyclic) bond motifs is 1. The summed E-state index contributed by atoms with van der Waals surface area (Å²) in [5.74, 6) is -1.23. The molecule has 0 fully saturated rings. The number of carboxylic acids is 1. The van der Waals surface area contributed by atoms with E-state index in [9.17, 15) is 4.79 Å². The molecule has 1 aromatic carbocycles. The highest BCUT2D eigenvalue weighted by Crippen LogP contribution is 2.21. The summed E-state index contributed by atoms with van der Waals surface area (Å²) in [5.41, 5.74) is 0.518. The van der Waals surface area contributed by atoms with Gasteiger partial charge in [0.05, 0.1) is 16.6 Å². The van der Waals surface area contributed by atoms with Gasteiger partial charge in [-0.25, -0.2) is 9.78 Å². The Hall–Kier alpha value is -1.95. The Kier molecular flexibility index (Phi) is 2.82. The molecule has 0 radical (unpaired) electrons. The molecule has 2 N–H and O–H groups in total. The first-order valence-electron chi connectivity index (χ1n) is 4.49. The van der Waals surface area contributed by atoms with Crippen molar-refractivity contribution in [3.8, 4) is 0 Å². The molecule has 2 rings (SSSR count). The Morgan fingerprint density at radius 3 is 2.81 bits per heavy atom. The summed E-state index contributed by atoms with van der Waals surface area (Å²) in [6.45, 7) is 0. The minimum absolute atomic E-state index is 0.0329. The molecule has 1 heterocycles. The van der Waals surface area contributed by atoms with Crippen molar-refractivity contribution in [3.63, 3.8) is 0 Å². The van der Waals surface area contributed by atoms with Crippen molar-refractivity contribution in [2.24, 2.45) is 5.16 Å². The van der Waals surface area contributed by atoms with Crippen LogP contribution >= 0.6 is 11.3 Å². The zero-order chi connectivity index (χ0) is 11.5. The molecule has 82 valence electrons. The zero-order valence-electron chi connectivity index (χ0n) is 8.12. The van der Waals surface area contributed by atoms with Gasteiger partial charge < -0.3 is 10.3 Å². The van der Waals surface area contributed by atoms with Gasteiger partial charge in [-0.1, -0.05) is 17.3 Å². The fraction of sp³-hybridized carbons (Fsp3) is 0.100. The molecule has 0 aliphatic rings. The summed E-state index contributed by atoms with van der Waals surface area (Å²) < 4.78 is 0.986. The fourth-order valence-corrected chi connectivity index (χ4v) is 2.26. The Morgan fingerprint density at radius 1 is 1.44 bits per heavy atom. The first-order valence-corrected chi connectivity index (χ1v) is 5.31. The fourth-order valence-electron chi connectivity index (χ4n) is 1.29. The third-order valence-electron chi connectivity index (χ3n) is 2.02. The average Bonchev–Trinajstić information content (AvgIpc) is 2.67. The Morgan fingerprint density at radius 2 is 2.19 bits per heavy atom. The van der Waals surface area contributed by atoms with Crippen LogP contribution in [0, 0.1) is 0 Å². The molecule has 0 spiro atoms. The van der Waals surface area contributed by atoms with Crippen molar-refractivity contribution < 1.29 is 15.1 Å². The summed E-state index contributed by atoms with van der Waals surface area (Å²) in [5, 5.41) is 20.6. The van der Waals surface area contributed by atoms with Crippen LogP contribution in [-0.2, 0) is 11.2 Å². The quantitative estimate of drug-likeness (QED) is 0.483. The van der Waals surface area contributed by atoms with Crippen LogP contribution in [0.3, 0.4) is 0 Å². The Bertz CT molecular complexity index is 529. The van der Waals surface area contributed by atoms with Crippen molar-refractivity contribution in [3.05, 3.63) is 29.3 Å². The van der Waals surface area contributed by atoms with Gasteiger partial charge in [-0.2, -0.15) is 0 Å². The minimum Gasteiger partial charge on any atom is -0.477 e. The lowest BCUT2D eigenvalue weighted by molar-refractivity contribution is -0.129. The van der Waals surface area contributed by atoms with E-state index < -0.39 is 5.97 Å². The standard InChI is InChI=1S/C10H8N2O3S/c13-10(14)7(12-15)5-9-11-6-3-1-2-4-8(6)16-9/h1-4,15H,5H2,(H,13,14). The maximum absolute atomic E-state index is 10.6. The lowest BCUT2D eigenvalue weighted by Crippen LogP contribution is -2.15. The molecule has 2 aromatic rings. The second-order valence-corrected chi connectivity index (χ2v) is 4.22. The highest BCUT2D eigenvalue weighted by molar-refractivity contribution is 7.18. The first-order chi connectivity index (χ1) is 7.70. The van der Waals surface area contributed by atoms with Crippen LogP contribution < -0.4 is 0 Å². The van der Waals surface area contributed by atoms with Crippen LogP contribution in [-0.4, -0.2) is 27.0 Å². The number of para-hydroxylation sites is 1. The van der Waals surface area contributed by atoms with Gasteiger partial charge in [0.25, 0.3) is 0 Å². The van der Waals surface area contributed by atoms with Crippen molar-refractivity contribution in [1.82, 2.24) is 4.98 Å². The molecule has 0 saturated heterocycles. The third-order valence-corrected chi connectivity index (χ3v) is 3.06. The largest absolute Gasteiger partial charge is 0.477 e. The molecule has 0 bridgehead atoms. The molecule has 1 aromatic heterocycles. The summed E-state index contributed by atoms with van der Waals surface area (Å²) in [6.07, 6.45) is 0.0329. The van der Waals surface area contributed by atoms with Gasteiger partial charge >= 0.3 is 5.97 Å². The molecule has 5 nitrogen and oxygen atoms in total. The minimum atomic E-state index is -1.23. The van der Waals surface area contributed by atoms with Crippen molar-refractivity contribution in [2.75, 3.05) is 0 Å². The van der Waals surface area contributed by atoms with Crippen molar-refractivity contribution in [1.29, 1.82) is 0 Å². The molecule has 0 atom stereocenters. The van der Waals surface area contributed by atoms with E-state index in [1.54, 1.807) is 0 Å². The molecular weight excluding hydrogens is 228 g/mol. The maximum Gasteiger partial charge on any atom is 0.354 e. The number of aromatic nitrogens is 1. The highest BCUT2D eigenvalue weighted by atomic mass is 32.1. The summed E-state index contributed by atoms with van der Waals surface area (Å²) >= 11 is 1.39. The van der Waals surface area contributed by atoms with E-state index in [1.165, 1.54) is 11.3 Å². The molecule has 0 saturated carbocycles. The molecule has 6 heteroatoms. The van der Waals surface area contributed by atoms with Gasteiger partial charge in [0.2, 0.25) is 0 Å². The number of carbonyl (C=O) groups is 1. The van der Waals surface area contributed by atoms with Crippen LogP contribution in [0.2, 0.25) is 0 Å². The maximum atomic E-state index is 10.6. The number of hydrogen-bond acceptors (Lipinski definition) is 5. The number of nitrogens with zero attached hydrogens (tertiary/aromatic N) is 2. The van der Waals surface area contributed by atoms with Gasteiger partial charge in [-0.3, -0.25) is 0 Å².